The normalized spacial score (nSPS) is 11.5. The molecule has 13 nitrogen and oxygen atoms in total. The molecule has 4 rings (SSSR count). The van der Waals surface area contributed by atoms with Crippen LogP contribution in [0.25, 0.3) is 17.1 Å². The summed E-state index contributed by atoms with van der Waals surface area (Å²) in [5.74, 6) is -1.90. The van der Waals surface area contributed by atoms with E-state index >= 15 is 0 Å². The fourth-order valence-corrected chi connectivity index (χ4v) is 4.75. The molecule has 0 fully saturated rings. The first kappa shape index (κ1) is 32.9. The number of esters is 1. The zero-order chi connectivity index (χ0) is 29.6. The van der Waals surface area contributed by atoms with E-state index in [1.165, 1.54) is 12.7 Å². The van der Waals surface area contributed by atoms with Gasteiger partial charge in [-0.05, 0) is 32.6 Å². The lowest BCUT2D eigenvalue weighted by atomic mass is 10.1. The number of aliphatic hydroxyl groups excluding tert-OH is 1. The number of H-pyrrole nitrogens is 1. The second kappa shape index (κ2) is 14.4. The lowest BCUT2D eigenvalue weighted by Gasteiger charge is -2.11. The van der Waals surface area contributed by atoms with Crippen LogP contribution in [0.5, 0.6) is 0 Å². The van der Waals surface area contributed by atoms with E-state index in [0.29, 0.717) is 42.5 Å². The molecule has 0 aromatic carbocycles. The number of hydrogen-bond acceptors (Lipinski definition) is 9. The van der Waals surface area contributed by atoms with Crippen molar-refractivity contribution in [2.75, 3.05) is 6.61 Å². The quantitative estimate of drug-likeness (QED) is 0.244. The topological polar surface area (TPSA) is 181 Å². The Hall–Kier alpha value is -4.26. The summed E-state index contributed by atoms with van der Waals surface area (Å²) in [4.78, 5) is 55.7. The predicted molar refractivity (Wildman–Crippen MR) is 154 cm³/mol. The molecule has 0 spiro atoms. The lowest BCUT2D eigenvalue weighted by molar-refractivity contribution is -0.136. The number of fused-ring (bicyclic) bond motifs is 2. The number of carboxylic acid groups (broad SMARTS) is 1. The molecule has 14 heteroatoms. The van der Waals surface area contributed by atoms with Crippen LogP contribution in [-0.4, -0.2) is 58.0 Å². The van der Waals surface area contributed by atoms with E-state index in [2.05, 4.69) is 20.2 Å². The minimum atomic E-state index is -1.03. The average Bonchev–Trinajstić information content (AvgIpc) is 3.60. The van der Waals surface area contributed by atoms with Gasteiger partial charge in [-0.25, -0.2) is 23.8 Å². The van der Waals surface area contributed by atoms with Crippen molar-refractivity contribution in [3.05, 3.63) is 66.4 Å². The van der Waals surface area contributed by atoms with Gasteiger partial charge in [-0.2, -0.15) is 5.10 Å². The van der Waals surface area contributed by atoms with Crippen LogP contribution >= 0.6 is 12.4 Å². The molecule has 0 atom stereocenters. The summed E-state index contributed by atoms with van der Waals surface area (Å²) in [5.41, 5.74) is 2.88. The summed E-state index contributed by atoms with van der Waals surface area (Å²) >= 11 is 0. The summed E-state index contributed by atoms with van der Waals surface area (Å²) in [6.07, 6.45) is 4.81. The van der Waals surface area contributed by atoms with Crippen molar-refractivity contribution in [1.82, 2.24) is 29.2 Å². The van der Waals surface area contributed by atoms with Gasteiger partial charge in [0.2, 0.25) is 5.43 Å². The van der Waals surface area contributed by atoms with E-state index in [1.54, 1.807) is 16.0 Å². The van der Waals surface area contributed by atoms with Crippen molar-refractivity contribution >= 4 is 41.4 Å². The number of aromatic amines is 1. The average molecular weight is 591 g/mol. The van der Waals surface area contributed by atoms with E-state index in [4.69, 9.17) is 9.84 Å². The number of nitrogens with one attached hydrogen (secondary N) is 1. The largest absolute Gasteiger partial charge is 0.511 e. The van der Waals surface area contributed by atoms with Crippen molar-refractivity contribution in [3.63, 3.8) is 0 Å². The molecule has 0 saturated carbocycles. The number of hydrogen-bond donors (Lipinski definition) is 3. The minimum Gasteiger partial charge on any atom is -0.511 e. The molecule has 0 unspecified atom stereocenters. The maximum Gasteiger partial charge on any atom is 0.346 e. The van der Waals surface area contributed by atoms with Crippen LogP contribution in [0.4, 0.5) is 0 Å². The molecule has 0 bridgehead atoms. The van der Waals surface area contributed by atoms with Crippen LogP contribution in [0.15, 0.2) is 22.2 Å². The molecule has 4 aromatic heterocycles. The molecule has 4 heterocycles. The Morgan fingerprint density at radius 1 is 0.878 bits per heavy atom. The van der Waals surface area contributed by atoms with Crippen LogP contribution in [0, 0.1) is 0 Å². The number of nitrogens with zero attached hydrogens (tertiary/aromatic N) is 5. The van der Waals surface area contributed by atoms with Crippen LogP contribution < -0.4 is 16.1 Å². The molecule has 0 aliphatic heterocycles. The van der Waals surface area contributed by atoms with Crippen LogP contribution in [0.3, 0.4) is 0 Å². The van der Waals surface area contributed by atoms with Crippen LogP contribution in [-0.2, 0) is 35.2 Å². The third kappa shape index (κ3) is 6.40. The highest BCUT2D eigenvalue weighted by Gasteiger charge is 2.23. The molecule has 0 aliphatic rings. The summed E-state index contributed by atoms with van der Waals surface area (Å²) < 4.78 is 8.19. The Kier molecular flexibility index (Phi) is 11.6. The summed E-state index contributed by atoms with van der Waals surface area (Å²) in [7, 11) is 0. The molecule has 0 radical (unpaired) electrons. The molecule has 4 aromatic rings. The number of rotatable bonds is 9. The maximum absolute atomic E-state index is 12.6. The fourth-order valence-electron chi connectivity index (χ4n) is 4.75. The predicted octanol–water partition coefficient (Wildman–Crippen LogP) is 2.21. The first-order chi connectivity index (χ1) is 19.2. The Morgan fingerprint density at radius 2 is 1.51 bits per heavy atom. The van der Waals surface area contributed by atoms with Crippen molar-refractivity contribution in [3.8, 4) is 0 Å². The number of carbonyl (C=O) groups is 2. The van der Waals surface area contributed by atoms with Gasteiger partial charge in [0.25, 0.3) is 0 Å². The van der Waals surface area contributed by atoms with E-state index in [-0.39, 0.29) is 64.9 Å². The van der Waals surface area contributed by atoms with Crippen molar-refractivity contribution < 1.29 is 24.5 Å². The number of carboxylic acids is 1. The Morgan fingerprint density at radius 3 is 2.07 bits per heavy atom. The molecule has 0 aliphatic carbocycles. The number of halogens is 1. The minimum absolute atomic E-state index is 0. The van der Waals surface area contributed by atoms with Gasteiger partial charge in [0.15, 0.2) is 22.3 Å². The van der Waals surface area contributed by atoms with Crippen LogP contribution in [0.1, 0.15) is 80.3 Å². The second-order valence-corrected chi connectivity index (χ2v) is 8.78. The molecule has 3 N–H and O–H groups in total. The highest BCUT2D eigenvalue weighted by atomic mass is 35.5. The number of carbonyl (C=O) groups excluding carboxylic acids is 1. The molecule has 222 valence electrons. The molecule has 0 amide bonds. The van der Waals surface area contributed by atoms with Crippen molar-refractivity contribution in [2.45, 2.75) is 73.1 Å². The first-order valence-electron chi connectivity index (χ1n) is 13.2. The molecule has 0 saturated heterocycles. The van der Waals surface area contributed by atoms with E-state index < -0.39 is 11.9 Å². The van der Waals surface area contributed by atoms with Crippen molar-refractivity contribution in [1.29, 1.82) is 0 Å². The summed E-state index contributed by atoms with van der Waals surface area (Å²) in [5, 5.41) is 25.9. The monoisotopic (exact) mass is 590 g/mol. The molecular weight excluding hydrogens is 556 g/mol. The van der Waals surface area contributed by atoms with Gasteiger partial charge in [0.05, 0.1) is 18.7 Å². The summed E-state index contributed by atoms with van der Waals surface area (Å²) in [6, 6.07) is 0. The van der Waals surface area contributed by atoms with E-state index in [1.807, 2.05) is 27.7 Å². The van der Waals surface area contributed by atoms with Gasteiger partial charge < -0.3 is 14.9 Å². The third-order valence-corrected chi connectivity index (χ3v) is 6.53. The SMILES string of the molecule is CCOC(=O)c1c(=O)c(CC)c(CC)n2[nH]cnc12.CCc1c(CC)n2ncnc2c(=C(O)CCC(=O)O)c1=O.Cl. The molecule has 41 heavy (non-hydrogen) atoms. The van der Waals surface area contributed by atoms with Gasteiger partial charge in [0.1, 0.15) is 23.6 Å². The van der Waals surface area contributed by atoms with Gasteiger partial charge in [-0.3, -0.25) is 19.5 Å². The highest BCUT2D eigenvalue weighted by molar-refractivity contribution is 5.96. The number of aliphatic carboxylic acids is 1. The number of ether oxygens (including phenoxy) is 1. The maximum atomic E-state index is 12.6. The third-order valence-electron chi connectivity index (χ3n) is 6.53. The van der Waals surface area contributed by atoms with Gasteiger partial charge in [0, 0.05) is 23.2 Å². The smallest absolute Gasteiger partial charge is 0.346 e. The number of aliphatic hydroxyl groups is 1. The molecular formula is C27H35ClN6O7. The summed E-state index contributed by atoms with van der Waals surface area (Å²) in [6.45, 7) is 9.57. The van der Waals surface area contributed by atoms with Crippen molar-refractivity contribution in [2.24, 2.45) is 0 Å². The van der Waals surface area contributed by atoms with E-state index in [9.17, 15) is 24.3 Å². The fraction of sp³-hybridized carbons (Fsp3) is 0.444. The zero-order valence-corrected chi connectivity index (χ0v) is 24.5. The number of pyridine rings is 2. The highest BCUT2D eigenvalue weighted by Crippen LogP contribution is 2.14. The Bertz CT molecular complexity index is 1720. The Labute approximate surface area is 241 Å². The lowest BCUT2D eigenvalue weighted by Crippen LogP contribution is -2.35. The van der Waals surface area contributed by atoms with Gasteiger partial charge in [-0.15, -0.1) is 12.4 Å². The second-order valence-electron chi connectivity index (χ2n) is 8.78. The van der Waals surface area contributed by atoms with Gasteiger partial charge >= 0.3 is 11.9 Å². The standard InChI is InChI=1S/C14H17N3O4.C13H17N3O3.ClH/c1-3-8-9(4-2)17-14(15-7-16-17)12(13(8)21)10(18)5-6-11(19)20;1-4-8-9(5-2)16-12(14-7-15-16)10(11(8)17)13(18)19-6-3;/h7,18H,3-6H2,1-2H3,(H,19,20);7H,4-6H2,1-3H3,(H,14,15);1H. The first-order valence-corrected chi connectivity index (χ1v) is 13.2. The Balaban J connectivity index is 0.000000281. The number of aromatic nitrogens is 6. The van der Waals surface area contributed by atoms with E-state index in [0.717, 1.165) is 11.4 Å². The van der Waals surface area contributed by atoms with Gasteiger partial charge in [-0.1, -0.05) is 27.7 Å². The zero-order valence-electron chi connectivity index (χ0n) is 23.7. The number of aryl methyl sites for hydroxylation is 2. The van der Waals surface area contributed by atoms with Crippen LogP contribution in [0.2, 0.25) is 0 Å².